The highest BCUT2D eigenvalue weighted by molar-refractivity contribution is 5.85. The molecule has 0 atom stereocenters. The molecular weight excluding hydrogens is 210 g/mol. The largest absolute Gasteiger partial charge is 0.370 e. The number of nitrogens with one attached hydrogen (secondary N) is 1. The molecule has 0 unspecified atom stereocenters. The van der Waals surface area contributed by atoms with Crippen molar-refractivity contribution in [3.05, 3.63) is 23.4 Å². The Balaban J connectivity index is 0.00000196. The summed E-state index contributed by atoms with van der Waals surface area (Å²) in [6.45, 7) is 5.68. The van der Waals surface area contributed by atoms with Gasteiger partial charge in [-0.1, -0.05) is 19.4 Å². The predicted molar refractivity (Wildman–Crippen MR) is 67.5 cm³/mol. The van der Waals surface area contributed by atoms with Crippen molar-refractivity contribution in [3.8, 4) is 0 Å². The van der Waals surface area contributed by atoms with Gasteiger partial charge in [-0.15, -0.1) is 12.4 Å². The monoisotopic (exact) mass is 229 g/mol. The maximum atomic E-state index is 5.62. The van der Waals surface area contributed by atoms with E-state index in [1.54, 1.807) is 0 Å². The Hall–Kier alpha value is -0.800. The van der Waals surface area contributed by atoms with E-state index in [9.17, 15) is 0 Å². The van der Waals surface area contributed by atoms with Gasteiger partial charge in [0, 0.05) is 24.3 Å². The lowest BCUT2D eigenvalue weighted by atomic mass is 10.2. The van der Waals surface area contributed by atoms with Crippen molar-refractivity contribution in [1.82, 2.24) is 4.98 Å². The van der Waals surface area contributed by atoms with Crippen molar-refractivity contribution in [2.75, 3.05) is 11.9 Å². The van der Waals surface area contributed by atoms with Crippen molar-refractivity contribution < 1.29 is 0 Å². The molecule has 0 amide bonds. The second-order valence-corrected chi connectivity index (χ2v) is 3.44. The number of halogens is 1. The number of hydrogen-bond acceptors (Lipinski definition) is 3. The molecule has 86 valence electrons. The van der Waals surface area contributed by atoms with Crippen molar-refractivity contribution >= 4 is 18.2 Å². The van der Waals surface area contributed by atoms with Crippen molar-refractivity contribution in [3.63, 3.8) is 0 Å². The predicted octanol–water partition coefficient (Wildman–Crippen LogP) is 2.48. The van der Waals surface area contributed by atoms with E-state index in [0.717, 1.165) is 23.6 Å². The number of aromatic nitrogens is 1. The van der Waals surface area contributed by atoms with Gasteiger partial charge in [-0.05, 0) is 19.4 Å². The fourth-order valence-corrected chi connectivity index (χ4v) is 1.29. The third kappa shape index (κ3) is 4.49. The molecule has 1 aromatic heterocycles. The molecule has 1 aromatic rings. The second kappa shape index (κ2) is 7.49. The van der Waals surface area contributed by atoms with E-state index >= 15 is 0 Å². The van der Waals surface area contributed by atoms with Gasteiger partial charge in [-0.2, -0.15) is 0 Å². The minimum Gasteiger partial charge on any atom is -0.370 e. The Bertz CT molecular complexity index is 289. The zero-order valence-corrected chi connectivity index (χ0v) is 10.2. The van der Waals surface area contributed by atoms with Crippen LogP contribution < -0.4 is 11.1 Å². The van der Waals surface area contributed by atoms with Crippen molar-refractivity contribution in [1.29, 1.82) is 0 Å². The van der Waals surface area contributed by atoms with E-state index < -0.39 is 0 Å². The zero-order chi connectivity index (χ0) is 10.4. The van der Waals surface area contributed by atoms with Crippen LogP contribution in [0.25, 0.3) is 0 Å². The molecule has 1 rings (SSSR count). The summed E-state index contributed by atoms with van der Waals surface area (Å²) in [4.78, 5) is 4.42. The Labute approximate surface area is 97.9 Å². The van der Waals surface area contributed by atoms with Crippen LogP contribution in [0.5, 0.6) is 0 Å². The van der Waals surface area contributed by atoms with Crippen LogP contribution in [0.15, 0.2) is 12.1 Å². The van der Waals surface area contributed by atoms with Crippen LogP contribution in [0.2, 0.25) is 0 Å². The summed E-state index contributed by atoms with van der Waals surface area (Å²) in [7, 11) is 0. The highest BCUT2D eigenvalue weighted by Gasteiger charge is 2.01. The fourth-order valence-electron chi connectivity index (χ4n) is 1.29. The lowest BCUT2D eigenvalue weighted by Gasteiger charge is -2.09. The molecule has 3 N–H and O–H groups in total. The van der Waals surface area contributed by atoms with Gasteiger partial charge in [-0.25, -0.2) is 4.98 Å². The number of anilines is 1. The summed E-state index contributed by atoms with van der Waals surface area (Å²) < 4.78 is 0. The number of pyridine rings is 1. The summed E-state index contributed by atoms with van der Waals surface area (Å²) in [5, 5.41) is 3.31. The number of nitrogens with zero attached hydrogens (tertiary/aromatic N) is 1. The topological polar surface area (TPSA) is 50.9 Å². The second-order valence-electron chi connectivity index (χ2n) is 3.44. The molecule has 0 fully saturated rings. The highest BCUT2D eigenvalue weighted by Crippen LogP contribution is 2.12. The van der Waals surface area contributed by atoms with E-state index in [1.807, 2.05) is 19.1 Å². The van der Waals surface area contributed by atoms with E-state index in [-0.39, 0.29) is 12.4 Å². The molecular formula is C11H20ClN3. The standard InChI is InChI=1S/C11H19N3.ClH/c1-3-4-7-13-11-10(8-12)6-5-9(2)14-11;/h5-6H,3-4,7-8,12H2,1-2H3,(H,13,14);1H. The van der Waals surface area contributed by atoms with Gasteiger partial charge >= 0.3 is 0 Å². The molecule has 0 saturated heterocycles. The molecule has 0 saturated carbocycles. The normalized spacial score (nSPS) is 9.53. The van der Waals surface area contributed by atoms with Crippen LogP contribution in [-0.4, -0.2) is 11.5 Å². The number of hydrogen-bond donors (Lipinski definition) is 2. The van der Waals surface area contributed by atoms with Gasteiger partial charge in [0.2, 0.25) is 0 Å². The van der Waals surface area contributed by atoms with E-state index in [2.05, 4.69) is 17.2 Å². The molecule has 3 nitrogen and oxygen atoms in total. The lowest BCUT2D eigenvalue weighted by molar-refractivity contribution is 0.827. The summed E-state index contributed by atoms with van der Waals surface area (Å²) in [5.74, 6) is 0.945. The molecule has 0 radical (unpaired) electrons. The summed E-state index contributed by atoms with van der Waals surface area (Å²) in [6, 6.07) is 4.03. The third-order valence-corrected chi connectivity index (χ3v) is 2.16. The molecule has 0 spiro atoms. The Kier molecular flexibility index (Phi) is 7.09. The Morgan fingerprint density at radius 1 is 1.40 bits per heavy atom. The van der Waals surface area contributed by atoms with Crippen molar-refractivity contribution in [2.24, 2.45) is 5.73 Å². The van der Waals surface area contributed by atoms with Crippen LogP contribution in [-0.2, 0) is 6.54 Å². The summed E-state index contributed by atoms with van der Waals surface area (Å²) >= 11 is 0. The average Bonchev–Trinajstić information content (AvgIpc) is 2.19. The van der Waals surface area contributed by atoms with Gasteiger partial charge in [0.05, 0.1) is 0 Å². The third-order valence-electron chi connectivity index (χ3n) is 2.16. The summed E-state index contributed by atoms with van der Waals surface area (Å²) in [6.07, 6.45) is 2.36. The van der Waals surface area contributed by atoms with Crippen LogP contribution in [0.1, 0.15) is 31.0 Å². The van der Waals surface area contributed by atoms with E-state index in [0.29, 0.717) is 6.54 Å². The highest BCUT2D eigenvalue weighted by atomic mass is 35.5. The fraction of sp³-hybridized carbons (Fsp3) is 0.545. The molecule has 0 bridgehead atoms. The molecule has 0 aliphatic rings. The van der Waals surface area contributed by atoms with Crippen molar-refractivity contribution in [2.45, 2.75) is 33.2 Å². The quantitative estimate of drug-likeness (QED) is 0.763. The first-order valence-corrected chi connectivity index (χ1v) is 5.18. The van der Waals surface area contributed by atoms with E-state index in [1.165, 1.54) is 12.8 Å². The Morgan fingerprint density at radius 2 is 2.13 bits per heavy atom. The number of rotatable bonds is 5. The van der Waals surface area contributed by atoms with Gasteiger partial charge in [0.1, 0.15) is 5.82 Å². The number of unbranched alkanes of at least 4 members (excludes halogenated alkanes) is 1. The number of aryl methyl sites for hydroxylation is 1. The maximum Gasteiger partial charge on any atom is 0.130 e. The minimum absolute atomic E-state index is 0. The molecule has 0 aliphatic heterocycles. The summed E-state index contributed by atoms with van der Waals surface area (Å²) in [5.41, 5.74) is 7.74. The molecule has 1 heterocycles. The van der Waals surface area contributed by atoms with Gasteiger partial charge in [0.25, 0.3) is 0 Å². The zero-order valence-electron chi connectivity index (χ0n) is 9.42. The van der Waals surface area contributed by atoms with Crippen LogP contribution in [0, 0.1) is 6.92 Å². The first kappa shape index (κ1) is 14.2. The molecule has 4 heteroatoms. The minimum atomic E-state index is 0. The lowest BCUT2D eigenvalue weighted by Crippen LogP contribution is -2.09. The average molecular weight is 230 g/mol. The molecule has 0 aliphatic carbocycles. The smallest absolute Gasteiger partial charge is 0.130 e. The van der Waals surface area contributed by atoms with Gasteiger partial charge in [0.15, 0.2) is 0 Å². The molecule has 15 heavy (non-hydrogen) atoms. The van der Waals surface area contributed by atoms with E-state index in [4.69, 9.17) is 5.73 Å². The SMILES string of the molecule is CCCCNc1nc(C)ccc1CN.Cl. The maximum absolute atomic E-state index is 5.62. The first-order chi connectivity index (χ1) is 6.77. The van der Waals surface area contributed by atoms with Gasteiger partial charge in [-0.3, -0.25) is 0 Å². The molecule has 0 aromatic carbocycles. The van der Waals surface area contributed by atoms with Crippen LogP contribution in [0.4, 0.5) is 5.82 Å². The number of nitrogens with two attached hydrogens (primary N) is 1. The van der Waals surface area contributed by atoms with Crippen LogP contribution in [0.3, 0.4) is 0 Å². The Morgan fingerprint density at radius 3 is 2.73 bits per heavy atom. The van der Waals surface area contributed by atoms with Crippen LogP contribution >= 0.6 is 12.4 Å². The first-order valence-electron chi connectivity index (χ1n) is 5.18. The van der Waals surface area contributed by atoms with Gasteiger partial charge < -0.3 is 11.1 Å².